The van der Waals surface area contributed by atoms with Crippen molar-refractivity contribution in [3.05, 3.63) is 0 Å². The average molecular weight is 557 g/mol. The zero-order chi connectivity index (χ0) is 29.4. The molecule has 0 aromatic heterocycles. The molecule has 1 rings (SSSR count). The Hall–Kier alpha value is -4.15. The Labute approximate surface area is 225 Å². The van der Waals surface area contributed by atoms with Crippen LogP contribution in [0.15, 0.2) is 9.98 Å². The molecule has 0 aromatic carbocycles. The van der Waals surface area contributed by atoms with Gasteiger partial charge in [-0.05, 0) is 51.5 Å². The van der Waals surface area contributed by atoms with Crippen LogP contribution in [-0.2, 0) is 24.0 Å². The summed E-state index contributed by atoms with van der Waals surface area (Å²) in [6, 6.07) is -4.21. The summed E-state index contributed by atoms with van der Waals surface area (Å²) in [5, 5.41) is 28.8. The van der Waals surface area contributed by atoms with Crippen LogP contribution >= 0.6 is 0 Å². The standard InChI is InChI=1S/C22H40N10O7/c23-21(24)28-10-2-5-13(30-17(35)12-4-1-9-27-12)18(36)31-14(6-3-11-29-22(25)26)19(37)32-15(20(38)39)7-8-16(33)34/h12-15,27H,1-11H2,(H,30,35)(H,31,36)(H,32,37)(H,33,34)(H,38,39)(H4,23,24,28)(H4,25,26,29). The minimum atomic E-state index is -1.49. The van der Waals surface area contributed by atoms with Crippen LogP contribution in [0.1, 0.15) is 51.4 Å². The van der Waals surface area contributed by atoms with E-state index in [0.717, 1.165) is 6.42 Å². The van der Waals surface area contributed by atoms with Crippen LogP contribution in [0.2, 0.25) is 0 Å². The number of carboxylic acids is 2. The van der Waals surface area contributed by atoms with E-state index in [4.69, 9.17) is 28.0 Å². The minimum Gasteiger partial charge on any atom is -0.481 e. The predicted octanol–water partition coefficient (Wildman–Crippen LogP) is -3.75. The molecule has 220 valence electrons. The van der Waals surface area contributed by atoms with Gasteiger partial charge in [0.15, 0.2) is 11.9 Å². The molecule has 0 radical (unpaired) electrons. The van der Waals surface area contributed by atoms with Crippen molar-refractivity contribution in [3.8, 4) is 0 Å². The van der Waals surface area contributed by atoms with Gasteiger partial charge in [-0.3, -0.25) is 29.2 Å². The first-order chi connectivity index (χ1) is 18.4. The number of rotatable bonds is 18. The molecule has 1 aliphatic rings. The lowest BCUT2D eigenvalue weighted by Gasteiger charge is -2.25. The lowest BCUT2D eigenvalue weighted by Crippen LogP contribution is -2.57. The summed E-state index contributed by atoms with van der Waals surface area (Å²) in [6.07, 6.45) is 1.34. The van der Waals surface area contributed by atoms with Crippen molar-refractivity contribution < 1.29 is 34.2 Å². The Morgan fingerprint density at radius 1 is 0.795 bits per heavy atom. The van der Waals surface area contributed by atoms with Crippen LogP contribution in [0.25, 0.3) is 0 Å². The fourth-order valence-corrected chi connectivity index (χ4v) is 3.80. The van der Waals surface area contributed by atoms with Crippen LogP contribution in [0.5, 0.6) is 0 Å². The van der Waals surface area contributed by atoms with Gasteiger partial charge in [0.2, 0.25) is 17.7 Å². The topological polar surface area (TPSA) is 303 Å². The third-order valence-electron chi connectivity index (χ3n) is 5.79. The van der Waals surface area contributed by atoms with Crippen molar-refractivity contribution in [1.82, 2.24) is 21.3 Å². The molecule has 39 heavy (non-hydrogen) atoms. The molecule has 3 amide bonds. The van der Waals surface area contributed by atoms with E-state index in [2.05, 4.69) is 31.3 Å². The molecule has 0 aliphatic carbocycles. The lowest BCUT2D eigenvalue weighted by molar-refractivity contribution is -0.143. The molecule has 0 spiro atoms. The largest absolute Gasteiger partial charge is 0.481 e. The maximum atomic E-state index is 13.2. The van der Waals surface area contributed by atoms with Crippen LogP contribution in [-0.4, -0.2) is 95.6 Å². The Morgan fingerprint density at radius 3 is 1.74 bits per heavy atom. The molecule has 1 saturated heterocycles. The maximum Gasteiger partial charge on any atom is 0.326 e. The summed E-state index contributed by atoms with van der Waals surface area (Å²) in [6.45, 7) is 1.01. The minimum absolute atomic E-state index is 0.0263. The van der Waals surface area contributed by atoms with Gasteiger partial charge in [-0.15, -0.1) is 0 Å². The fraction of sp³-hybridized carbons (Fsp3) is 0.682. The quantitative estimate of drug-likeness (QED) is 0.0442. The van der Waals surface area contributed by atoms with E-state index in [-0.39, 0.29) is 56.6 Å². The van der Waals surface area contributed by atoms with Crippen molar-refractivity contribution in [2.45, 2.75) is 75.5 Å². The third kappa shape index (κ3) is 13.8. The molecule has 4 atom stereocenters. The fourth-order valence-electron chi connectivity index (χ4n) is 3.80. The molecule has 14 N–H and O–H groups in total. The van der Waals surface area contributed by atoms with Gasteiger partial charge < -0.3 is 54.4 Å². The number of carboxylic acid groups (broad SMARTS) is 2. The molecule has 1 heterocycles. The number of carbonyl (C=O) groups excluding carboxylic acids is 3. The molecule has 0 saturated carbocycles. The number of hydrogen-bond acceptors (Lipinski definition) is 8. The SMILES string of the molecule is NC(N)=NCCCC(NC(=O)C(CCCN=C(N)N)NC(=O)C1CCCN1)C(=O)NC(CCC(=O)O)C(=O)O. The normalized spacial score (nSPS) is 16.7. The van der Waals surface area contributed by atoms with Gasteiger partial charge in [0.1, 0.15) is 18.1 Å². The van der Waals surface area contributed by atoms with Gasteiger partial charge in [0.05, 0.1) is 6.04 Å². The van der Waals surface area contributed by atoms with E-state index in [9.17, 15) is 29.1 Å². The van der Waals surface area contributed by atoms with Crippen molar-refractivity contribution in [2.24, 2.45) is 32.9 Å². The van der Waals surface area contributed by atoms with Crippen molar-refractivity contribution in [1.29, 1.82) is 0 Å². The third-order valence-corrected chi connectivity index (χ3v) is 5.79. The van der Waals surface area contributed by atoms with E-state index >= 15 is 0 Å². The van der Waals surface area contributed by atoms with E-state index < -0.39 is 54.3 Å². The molecular weight excluding hydrogens is 516 g/mol. The van der Waals surface area contributed by atoms with Gasteiger partial charge in [0, 0.05) is 19.5 Å². The second-order valence-corrected chi connectivity index (χ2v) is 9.00. The summed E-state index contributed by atoms with van der Waals surface area (Å²) in [4.78, 5) is 69.0. The first-order valence-corrected chi connectivity index (χ1v) is 12.6. The Kier molecular flexibility index (Phi) is 14.6. The summed E-state index contributed by atoms with van der Waals surface area (Å²) in [5.74, 6) is -4.83. The highest BCUT2D eigenvalue weighted by Crippen LogP contribution is 2.09. The highest BCUT2D eigenvalue weighted by molar-refractivity contribution is 5.94. The number of aliphatic carboxylic acids is 2. The Morgan fingerprint density at radius 2 is 1.31 bits per heavy atom. The van der Waals surface area contributed by atoms with Crippen LogP contribution in [0.3, 0.4) is 0 Å². The molecule has 0 aromatic rings. The van der Waals surface area contributed by atoms with E-state index in [1.165, 1.54) is 0 Å². The number of hydrogen-bond donors (Lipinski definition) is 10. The van der Waals surface area contributed by atoms with Gasteiger partial charge in [0.25, 0.3) is 0 Å². The number of nitrogens with zero attached hydrogens (tertiary/aromatic N) is 2. The average Bonchev–Trinajstić information content (AvgIpc) is 3.39. The number of guanidine groups is 2. The second-order valence-electron chi connectivity index (χ2n) is 9.00. The molecule has 4 unspecified atom stereocenters. The van der Waals surface area contributed by atoms with Crippen LogP contribution in [0.4, 0.5) is 0 Å². The van der Waals surface area contributed by atoms with E-state index in [1.807, 2.05) is 0 Å². The number of amides is 3. The smallest absolute Gasteiger partial charge is 0.326 e. The molecular formula is C22H40N10O7. The monoisotopic (exact) mass is 556 g/mol. The number of aliphatic imine (C=N–C) groups is 2. The van der Waals surface area contributed by atoms with E-state index in [1.54, 1.807) is 0 Å². The van der Waals surface area contributed by atoms with Gasteiger partial charge in [-0.1, -0.05) is 0 Å². The highest BCUT2D eigenvalue weighted by atomic mass is 16.4. The van der Waals surface area contributed by atoms with E-state index in [0.29, 0.717) is 19.4 Å². The number of nitrogens with two attached hydrogens (primary N) is 4. The van der Waals surface area contributed by atoms with Gasteiger partial charge >= 0.3 is 11.9 Å². The molecule has 1 fully saturated rings. The number of carbonyl (C=O) groups is 5. The molecule has 17 nitrogen and oxygen atoms in total. The van der Waals surface area contributed by atoms with Crippen molar-refractivity contribution in [2.75, 3.05) is 19.6 Å². The zero-order valence-electron chi connectivity index (χ0n) is 21.7. The molecule has 17 heteroatoms. The van der Waals surface area contributed by atoms with Crippen molar-refractivity contribution >= 4 is 41.6 Å². The highest BCUT2D eigenvalue weighted by Gasteiger charge is 2.31. The molecule has 0 bridgehead atoms. The Bertz CT molecular complexity index is 913. The van der Waals surface area contributed by atoms with Crippen LogP contribution < -0.4 is 44.2 Å². The lowest BCUT2D eigenvalue weighted by atomic mass is 10.1. The Balaban J connectivity index is 3.02. The van der Waals surface area contributed by atoms with Crippen LogP contribution in [0, 0.1) is 0 Å². The maximum absolute atomic E-state index is 13.2. The summed E-state index contributed by atoms with van der Waals surface area (Å²) in [7, 11) is 0. The summed E-state index contributed by atoms with van der Waals surface area (Å²) in [5.41, 5.74) is 21.3. The molecule has 1 aliphatic heterocycles. The van der Waals surface area contributed by atoms with Gasteiger partial charge in [-0.2, -0.15) is 0 Å². The first-order valence-electron chi connectivity index (χ1n) is 12.6. The number of nitrogens with one attached hydrogen (secondary N) is 4. The van der Waals surface area contributed by atoms with Gasteiger partial charge in [-0.25, -0.2) is 4.79 Å². The predicted molar refractivity (Wildman–Crippen MR) is 141 cm³/mol. The first kappa shape index (κ1) is 32.9. The van der Waals surface area contributed by atoms with Crippen molar-refractivity contribution in [3.63, 3.8) is 0 Å². The summed E-state index contributed by atoms with van der Waals surface area (Å²) < 4.78 is 0. The zero-order valence-corrected chi connectivity index (χ0v) is 21.7. The second kappa shape index (κ2) is 17.4. The summed E-state index contributed by atoms with van der Waals surface area (Å²) >= 11 is 0.